The monoisotopic (exact) mass is 540 g/mol. The highest BCUT2D eigenvalue weighted by Crippen LogP contribution is 2.33. The molecular weight excluding hydrogens is 496 g/mol. The molecule has 0 aliphatic carbocycles. The van der Waals surface area contributed by atoms with Gasteiger partial charge in [0, 0.05) is 12.0 Å². The summed E-state index contributed by atoms with van der Waals surface area (Å²) in [6.07, 6.45) is -0.988. The van der Waals surface area contributed by atoms with E-state index in [9.17, 15) is 14.7 Å². The van der Waals surface area contributed by atoms with Crippen molar-refractivity contribution < 1.29 is 28.9 Å². The van der Waals surface area contributed by atoms with Gasteiger partial charge >= 0.3 is 12.2 Å². The van der Waals surface area contributed by atoms with Crippen LogP contribution in [0.15, 0.2) is 41.4 Å². The molecule has 2 aromatic carbocycles. The Morgan fingerprint density at radius 3 is 1.90 bits per heavy atom. The second-order valence-corrected chi connectivity index (χ2v) is 12.5. The number of nitrogens with one attached hydrogen (secondary N) is 1. The fraction of sp³-hybridized carbons (Fsp3) is 0.516. The van der Waals surface area contributed by atoms with Gasteiger partial charge in [0.15, 0.2) is 0 Å². The van der Waals surface area contributed by atoms with E-state index in [0.717, 1.165) is 16.7 Å². The van der Waals surface area contributed by atoms with Gasteiger partial charge in [-0.2, -0.15) is 4.99 Å². The minimum atomic E-state index is -0.816. The molecule has 2 amide bonds. The van der Waals surface area contributed by atoms with Crippen molar-refractivity contribution >= 4 is 18.0 Å². The molecule has 2 N–H and O–H groups in total. The van der Waals surface area contributed by atoms with Crippen LogP contribution < -0.4 is 10.1 Å². The van der Waals surface area contributed by atoms with Crippen molar-refractivity contribution in [3.63, 3.8) is 0 Å². The number of amides is 2. The Morgan fingerprint density at radius 1 is 0.846 bits per heavy atom. The number of aryl methyl sites for hydroxylation is 1. The number of aliphatic imine (C=N–C) groups is 1. The van der Waals surface area contributed by atoms with Crippen LogP contribution in [0.5, 0.6) is 5.75 Å². The number of carbonyl (C=O) groups excluding carboxylic acids is 2. The van der Waals surface area contributed by atoms with Crippen LogP contribution in [-0.4, -0.2) is 41.4 Å². The molecule has 0 radical (unpaired) electrons. The Hall–Kier alpha value is -3.39. The number of benzene rings is 2. The van der Waals surface area contributed by atoms with E-state index in [1.54, 1.807) is 48.7 Å². The van der Waals surface area contributed by atoms with Crippen LogP contribution in [-0.2, 0) is 27.9 Å². The number of alkyl carbamates (subject to hydrolysis) is 1. The summed E-state index contributed by atoms with van der Waals surface area (Å²) in [4.78, 5) is 28.9. The highest BCUT2D eigenvalue weighted by molar-refractivity contribution is 6.00. The van der Waals surface area contributed by atoms with E-state index in [-0.39, 0.29) is 24.3 Å². The zero-order chi connectivity index (χ0) is 29.6. The number of ether oxygens (including phenoxy) is 3. The molecule has 0 saturated heterocycles. The third-order valence-corrected chi connectivity index (χ3v) is 5.60. The molecule has 214 valence electrons. The molecule has 8 heteroatoms. The maximum atomic E-state index is 12.5. The van der Waals surface area contributed by atoms with Gasteiger partial charge in [-0.15, -0.1) is 0 Å². The molecule has 0 aliphatic rings. The fourth-order valence-electron chi connectivity index (χ4n) is 3.86. The number of hydrogen-bond acceptors (Lipinski definition) is 6. The van der Waals surface area contributed by atoms with E-state index < -0.39 is 23.4 Å². The third kappa shape index (κ3) is 10.4. The van der Waals surface area contributed by atoms with Crippen molar-refractivity contribution in [3.8, 4) is 16.9 Å². The van der Waals surface area contributed by atoms with Crippen molar-refractivity contribution in [2.45, 2.75) is 98.4 Å². The predicted octanol–water partition coefficient (Wildman–Crippen LogP) is 6.94. The quantitative estimate of drug-likeness (QED) is 0.304. The lowest BCUT2D eigenvalue weighted by molar-refractivity contribution is 0.0561. The lowest BCUT2D eigenvalue weighted by Crippen LogP contribution is -2.37. The number of hydrogen-bond donors (Lipinski definition) is 2. The Labute approximate surface area is 232 Å². The van der Waals surface area contributed by atoms with Crippen LogP contribution in [0.4, 0.5) is 9.59 Å². The largest absolute Gasteiger partial charge is 0.496 e. The van der Waals surface area contributed by atoms with Gasteiger partial charge in [0.05, 0.1) is 13.7 Å². The first-order chi connectivity index (χ1) is 17.9. The third-order valence-electron chi connectivity index (χ3n) is 5.60. The van der Waals surface area contributed by atoms with Crippen molar-refractivity contribution in [1.29, 1.82) is 0 Å². The van der Waals surface area contributed by atoms with Crippen LogP contribution in [0.25, 0.3) is 11.1 Å². The van der Waals surface area contributed by atoms with Gasteiger partial charge in [-0.3, -0.25) is 5.32 Å². The van der Waals surface area contributed by atoms with Crippen molar-refractivity contribution in [2.24, 2.45) is 4.99 Å². The molecule has 0 saturated carbocycles. The summed E-state index contributed by atoms with van der Waals surface area (Å²) in [5, 5.41) is 12.7. The molecule has 0 aromatic heterocycles. The summed E-state index contributed by atoms with van der Waals surface area (Å²) < 4.78 is 16.3. The van der Waals surface area contributed by atoms with Gasteiger partial charge in [-0.05, 0) is 87.8 Å². The molecule has 39 heavy (non-hydrogen) atoms. The summed E-state index contributed by atoms with van der Waals surface area (Å²) >= 11 is 0. The van der Waals surface area contributed by atoms with Crippen LogP contribution in [0.3, 0.4) is 0 Å². The fourth-order valence-corrected chi connectivity index (χ4v) is 3.86. The van der Waals surface area contributed by atoms with Crippen molar-refractivity contribution in [2.75, 3.05) is 7.11 Å². The topological polar surface area (TPSA) is 106 Å². The first-order valence-electron chi connectivity index (χ1n) is 13.1. The lowest BCUT2D eigenvalue weighted by Gasteiger charge is -2.21. The van der Waals surface area contributed by atoms with E-state index in [4.69, 9.17) is 14.2 Å². The maximum absolute atomic E-state index is 12.5. The van der Waals surface area contributed by atoms with Gasteiger partial charge in [0.2, 0.25) is 0 Å². The number of methoxy groups -OCH3 is 1. The van der Waals surface area contributed by atoms with Crippen molar-refractivity contribution in [3.05, 3.63) is 53.1 Å². The standard InChI is InChI=1S/C31H44N2O6/c1-29(2,3)24-14-11-20(12-15-24)22-17-21(26(37-10)23(18-22)19-34)13-16-25(32-27(35)38-30(4,5)6)33-28(36)39-31(7,8)9/h11-12,14-15,17-18,34H,13,16,19H2,1-10H3,(H,32,33,35,36). The number of aliphatic hydroxyl groups is 1. The van der Waals surface area contributed by atoms with Crippen LogP contribution in [0.1, 0.15) is 85.4 Å². The number of rotatable bonds is 6. The highest BCUT2D eigenvalue weighted by Gasteiger charge is 2.21. The molecule has 2 aromatic rings. The SMILES string of the molecule is COc1c(CO)cc(-c2ccc(C(C)(C)C)cc2)cc1CCC(=NC(=O)OC(C)(C)C)NC(=O)OC(C)(C)C. The zero-order valence-corrected chi connectivity index (χ0v) is 25.0. The number of nitrogens with zero attached hydrogens (tertiary/aromatic N) is 1. The Bertz CT molecular complexity index is 1180. The zero-order valence-electron chi connectivity index (χ0n) is 25.0. The normalized spacial score (nSPS) is 12.6. The maximum Gasteiger partial charge on any atom is 0.435 e. The molecule has 0 spiro atoms. The minimum absolute atomic E-state index is 0.0326. The molecular formula is C31H44N2O6. The van der Waals surface area contributed by atoms with Gasteiger partial charge < -0.3 is 19.3 Å². The van der Waals surface area contributed by atoms with Crippen molar-refractivity contribution in [1.82, 2.24) is 5.32 Å². The first kappa shape index (κ1) is 31.8. The summed E-state index contributed by atoms with van der Waals surface area (Å²) in [6.45, 7) is 16.7. The molecule has 0 aliphatic heterocycles. The van der Waals surface area contributed by atoms with E-state index in [2.05, 4.69) is 55.3 Å². The molecule has 0 bridgehead atoms. The number of amidine groups is 1. The number of aliphatic hydroxyl groups excluding tert-OH is 1. The second-order valence-electron chi connectivity index (χ2n) is 12.5. The lowest BCUT2D eigenvalue weighted by atomic mass is 9.86. The van der Waals surface area contributed by atoms with E-state index >= 15 is 0 Å². The molecule has 0 fully saturated rings. The Kier molecular flexibility index (Phi) is 10.3. The van der Waals surface area contributed by atoms with E-state index in [1.165, 1.54) is 5.56 Å². The summed E-state index contributed by atoms with van der Waals surface area (Å²) in [7, 11) is 1.55. The summed E-state index contributed by atoms with van der Waals surface area (Å²) in [5.41, 5.74) is 3.13. The minimum Gasteiger partial charge on any atom is -0.496 e. The average molecular weight is 541 g/mol. The molecule has 0 unspecified atom stereocenters. The average Bonchev–Trinajstić information content (AvgIpc) is 2.78. The van der Waals surface area contributed by atoms with Crippen LogP contribution in [0, 0.1) is 0 Å². The van der Waals surface area contributed by atoms with Gasteiger partial charge in [0.1, 0.15) is 22.8 Å². The summed E-state index contributed by atoms with van der Waals surface area (Å²) in [6, 6.07) is 12.2. The first-order valence-corrected chi connectivity index (χ1v) is 13.1. The summed E-state index contributed by atoms with van der Waals surface area (Å²) in [5.74, 6) is 0.646. The van der Waals surface area contributed by atoms with E-state index in [0.29, 0.717) is 17.7 Å². The number of carbonyl (C=O) groups is 2. The van der Waals surface area contributed by atoms with Crippen LogP contribution in [0.2, 0.25) is 0 Å². The van der Waals surface area contributed by atoms with E-state index in [1.807, 2.05) is 12.1 Å². The Morgan fingerprint density at radius 2 is 1.41 bits per heavy atom. The molecule has 0 atom stereocenters. The van der Waals surface area contributed by atoms with Crippen LogP contribution >= 0.6 is 0 Å². The van der Waals surface area contributed by atoms with Gasteiger partial charge in [0.25, 0.3) is 0 Å². The van der Waals surface area contributed by atoms with Gasteiger partial charge in [-0.1, -0.05) is 45.0 Å². The molecule has 8 nitrogen and oxygen atoms in total. The highest BCUT2D eigenvalue weighted by atomic mass is 16.6. The second kappa shape index (κ2) is 12.6. The molecule has 0 heterocycles. The van der Waals surface area contributed by atoms with Gasteiger partial charge in [-0.25, -0.2) is 9.59 Å². The molecule has 2 rings (SSSR count). The Balaban J connectivity index is 2.42. The predicted molar refractivity (Wildman–Crippen MR) is 154 cm³/mol. The smallest absolute Gasteiger partial charge is 0.435 e.